The zero-order valence-corrected chi connectivity index (χ0v) is 10.7. The summed E-state index contributed by atoms with van der Waals surface area (Å²) in [4.78, 5) is 14.5. The Morgan fingerprint density at radius 3 is 2.88 bits per heavy atom. The average Bonchev–Trinajstić information content (AvgIpc) is 2.34. The lowest BCUT2D eigenvalue weighted by Gasteiger charge is -2.07. The van der Waals surface area contributed by atoms with E-state index in [1.807, 2.05) is 6.26 Å². The molecule has 1 aromatic heterocycles. The molecule has 0 spiro atoms. The van der Waals surface area contributed by atoms with Gasteiger partial charge < -0.3 is 10.6 Å². The molecule has 0 saturated heterocycles. The molecule has 0 aliphatic carbocycles. The molecule has 0 atom stereocenters. The van der Waals surface area contributed by atoms with Gasteiger partial charge in [0.2, 0.25) is 5.82 Å². The fraction of sp³-hybridized carbons (Fsp3) is 0.500. The average molecular weight is 256 g/mol. The van der Waals surface area contributed by atoms with Crippen LogP contribution in [0.1, 0.15) is 6.42 Å². The Labute approximate surface area is 104 Å². The molecule has 94 valence electrons. The minimum atomic E-state index is -0.427. The van der Waals surface area contributed by atoms with Crippen LogP contribution in [0.5, 0.6) is 0 Å². The first-order valence-electron chi connectivity index (χ1n) is 5.25. The molecular weight excluding hydrogens is 240 g/mol. The minimum absolute atomic E-state index is 0.00755. The third-order valence-corrected chi connectivity index (χ3v) is 2.84. The molecule has 0 radical (unpaired) electrons. The van der Waals surface area contributed by atoms with Crippen LogP contribution in [0.25, 0.3) is 0 Å². The Morgan fingerprint density at radius 2 is 2.29 bits per heavy atom. The highest BCUT2D eigenvalue weighted by molar-refractivity contribution is 7.98. The van der Waals surface area contributed by atoms with Crippen molar-refractivity contribution >= 4 is 29.1 Å². The number of nitrogens with one attached hydrogen (secondary N) is 2. The van der Waals surface area contributed by atoms with Crippen LogP contribution in [0.2, 0.25) is 0 Å². The van der Waals surface area contributed by atoms with Crippen LogP contribution in [0, 0.1) is 10.1 Å². The summed E-state index contributed by atoms with van der Waals surface area (Å²) >= 11 is 1.75. The number of pyridine rings is 1. The number of anilines is 2. The van der Waals surface area contributed by atoms with Crippen molar-refractivity contribution in [2.45, 2.75) is 6.42 Å². The van der Waals surface area contributed by atoms with Gasteiger partial charge in [-0.15, -0.1) is 0 Å². The molecule has 17 heavy (non-hydrogen) atoms. The van der Waals surface area contributed by atoms with Crippen molar-refractivity contribution in [2.24, 2.45) is 0 Å². The lowest BCUT2D eigenvalue weighted by Crippen LogP contribution is -2.08. The molecule has 0 aliphatic rings. The maximum Gasteiger partial charge on any atom is 0.311 e. The predicted molar refractivity (Wildman–Crippen MR) is 71.9 cm³/mol. The summed E-state index contributed by atoms with van der Waals surface area (Å²) in [6.07, 6.45) is 2.98. The molecule has 1 heterocycles. The van der Waals surface area contributed by atoms with E-state index in [1.165, 1.54) is 6.07 Å². The zero-order chi connectivity index (χ0) is 12.7. The number of nitrogens with zero attached hydrogens (tertiary/aromatic N) is 2. The quantitative estimate of drug-likeness (QED) is 0.442. The largest absolute Gasteiger partial charge is 0.373 e. The van der Waals surface area contributed by atoms with Crippen molar-refractivity contribution < 1.29 is 4.92 Å². The van der Waals surface area contributed by atoms with Gasteiger partial charge in [-0.2, -0.15) is 11.8 Å². The SMILES string of the molecule is CNc1ccc([N+](=O)[O-])c(NCCCSC)n1. The second-order valence-corrected chi connectivity index (χ2v) is 4.33. The van der Waals surface area contributed by atoms with E-state index in [2.05, 4.69) is 15.6 Å². The Balaban J connectivity index is 2.75. The second kappa shape index (κ2) is 6.95. The van der Waals surface area contributed by atoms with Gasteiger partial charge in [-0.1, -0.05) is 0 Å². The molecule has 2 N–H and O–H groups in total. The van der Waals surface area contributed by atoms with Gasteiger partial charge in [0.15, 0.2) is 0 Å². The van der Waals surface area contributed by atoms with Gasteiger partial charge in [-0.05, 0) is 24.5 Å². The molecule has 0 bridgehead atoms. The summed E-state index contributed by atoms with van der Waals surface area (Å²) in [5.41, 5.74) is 0.00755. The van der Waals surface area contributed by atoms with E-state index in [9.17, 15) is 10.1 Å². The standard InChI is InChI=1S/C10H16N4O2S/c1-11-9-5-4-8(14(15)16)10(13-9)12-6-3-7-17-2/h4-5H,3,6-7H2,1-2H3,(H2,11,12,13). The van der Waals surface area contributed by atoms with E-state index < -0.39 is 4.92 Å². The minimum Gasteiger partial charge on any atom is -0.373 e. The van der Waals surface area contributed by atoms with E-state index in [0.717, 1.165) is 12.2 Å². The number of thioether (sulfide) groups is 1. The molecule has 0 amide bonds. The van der Waals surface area contributed by atoms with Crippen LogP contribution in [-0.2, 0) is 0 Å². The van der Waals surface area contributed by atoms with Crippen LogP contribution in [0.3, 0.4) is 0 Å². The van der Waals surface area contributed by atoms with E-state index >= 15 is 0 Å². The fourth-order valence-corrected chi connectivity index (χ4v) is 1.72. The first kappa shape index (κ1) is 13.6. The lowest BCUT2D eigenvalue weighted by atomic mass is 10.3. The summed E-state index contributed by atoms with van der Waals surface area (Å²) < 4.78 is 0. The maximum atomic E-state index is 10.8. The topological polar surface area (TPSA) is 80.1 Å². The predicted octanol–water partition coefficient (Wildman–Crippen LogP) is 2.20. The highest BCUT2D eigenvalue weighted by Crippen LogP contribution is 2.23. The summed E-state index contributed by atoms with van der Waals surface area (Å²) in [6.45, 7) is 0.682. The Morgan fingerprint density at radius 1 is 1.53 bits per heavy atom. The van der Waals surface area contributed by atoms with E-state index in [4.69, 9.17) is 0 Å². The van der Waals surface area contributed by atoms with Gasteiger partial charge in [-0.25, -0.2) is 4.98 Å². The lowest BCUT2D eigenvalue weighted by molar-refractivity contribution is -0.384. The molecule has 0 unspecified atom stereocenters. The molecular formula is C10H16N4O2S. The highest BCUT2D eigenvalue weighted by atomic mass is 32.2. The molecule has 1 rings (SSSR count). The Kier molecular flexibility index (Phi) is 5.55. The normalized spacial score (nSPS) is 10.0. The van der Waals surface area contributed by atoms with Gasteiger partial charge in [0.1, 0.15) is 5.82 Å². The van der Waals surface area contributed by atoms with Crippen molar-refractivity contribution in [2.75, 3.05) is 36.2 Å². The molecule has 6 nitrogen and oxygen atoms in total. The second-order valence-electron chi connectivity index (χ2n) is 3.34. The van der Waals surface area contributed by atoms with Crippen molar-refractivity contribution in [3.63, 3.8) is 0 Å². The van der Waals surface area contributed by atoms with Crippen molar-refractivity contribution in [1.82, 2.24) is 4.98 Å². The Hall–Kier alpha value is -1.50. The Bertz CT molecular complexity index is 387. The number of rotatable bonds is 7. The molecule has 0 aliphatic heterocycles. The third kappa shape index (κ3) is 4.10. The molecule has 7 heteroatoms. The van der Waals surface area contributed by atoms with Crippen LogP contribution in [-0.4, -0.2) is 35.5 Å². The van der Waals surface area contributed by atoms with Gasteiger partial charge >= 0.3 is 5.69 Å². The fourth-order valence-electron chi connectivity index (χ4n) is 1.29. The highest BCUT2D eigenvalue weighted by Gasteiger charge is 2.15. The number of hydrogen-bond acceptors (Lipinski definition) is 6. The molecule has 0 fully saturated rings. The first-order valence-corrected chi connectivity index (χ1v) is 6.64. The third-order valence-electron chi connectivity index (χ3n) is 2.14. The molecule has 1 aromatic rings. The maximum absolute atomic E-state index is 10.8. The van der Waals surface area contributed by atoms with Crippen molar-refractivity contribution in [3.05, 3.63) is 22.2 Å². The smallest absolute Gasteiger partial charge is 0.311 e. The monoisotopic (exact) mass is 256 g/mol. The number of nitro groups is 1. The molecule has 0 saturated carbocycles. The van der Waals surface area contributed by atoms with Crippen molar-refractivity contribution in [3.8, 4) is 0 Å². The van der Waals surface area contributed by atoms with Gasteiger partial charge in [0, 0.05) is 19.7 Å². The van der Waals surface area contributed by atoms with Gasteiger partial charge in [0.25, 0.3) is 0 Å². The van der Waals surface area contributed by atoms with E-state index in [1.54, 1.807) is 24.9 Å². The van der Waals surface area contributed by atoms with E-state index in [0.29, 0.717) is 18.2 Å². The molecule has 0 aromatic carbocycles. The summed E-state index contributed by atoms with van der Waals surface area (Å²) in [7, 11) is 1.73. The summed E-state index contributed by atoms with van der Waals surface area (Å²) in [5.74, 6) is 1.96. The summed E-state index contributed by atoms with van der Waals surface area (Å²) in [5, 5.41) is 16.7. The van der Waals surface area contributed by atoms with E-state index in [-0.39, 0.29) is 5.69 Å². The van der Waals surface area contributed by atoms with Crippen LogP contribution < -0.4 is 10.6 Å². The number of hydrogen-bond donors (Lipinski definition) is 2. The zero-order valence-electron chi connectivity index (χ0n) is 9.90. The van der Waals surface area contributed by atoms with Crippen molar-refractivity contribution in [1.29, 1.82) is 0 Å². The van der Waals surface area contributed by atoms with Gasteiger partial charge in [0.05, 0.1) is 4.92 Å². The van der Waals surface area contributed by atoms with Gasteiger partial charge in [-0.3, -0.25) is 10.1 Å². The number of aromatic nitrogens is 1. The summed E-state index contributed by atoms with van der Waals surface area (Å²) in [6, 6.07) is 3.04. The van der Waals surface area contributed by atoms with Crippen LogP contribution in [0.4, 0.5) is 17.3 Å². The van der Waals surface area contributed by atoms with Crippen LogP contribution in [0.15, 0.2) is 12.1 Å². The van der Waals surface area contributed by atoms with Crippen LogP contribution >= 0.6 is 11.8 Å². The first-order chi connectivity index (χ1) is 8.19.